The van der Waals surface area contributed by atoms with Gasteiger partial charge in [-0.2, -0.15) is 0 Å². The van der Waals surface area contributed by atoms with Crippen molar-refractivity contribution in [2.45, 2.75) is 103 Å². The van der Waals surface area contributed by atoms with Gasteiger partial charge in [0.1, 0.15) is 0 Å². The molecule has 1 aliphatic heterocycles. The molecule has 4 heteroatoms. The fourth-order valence-corrected chi connectivity index (χ4v) is 9.31. The normalized spacial score (nSPS) is 38.5. The van der Waals surface area contributed by atoms with E-state index < -0.39 is 0 Å². The molecule has 1 aromatic rings. The minimum absolute atomic E-state index is 0.206. The summed E-state index contributed by atoms with van der Waals surface area (Å²) in [4.78, 5) is 30.7. The molecule has 0 N–H and O–H groups in total. The molecule has 0 spiro atoms. The molecule has 3 saturated carbocycles. The van der Waals surface area contributed by atoms with Crippen LogP contribution in [-0.4, -0.2) is 47.3 Å². The van der Waals surface area contributed by atoms with Crippen molar-refractivity contribution in [3.05, 3.63) is 35.9 Å². The van der Waals surface area contributed by atoms with Crippen molar-refractivity contribution >= 4 is 11.8 Å². The highest BCUT2D eigenvalue weighted by Crippen LogP contribution is 2.65. The topological polar surface area (TPSA) is 40.6 Å². The third-order valence-electron chi connectivity index (χ3n) is 11.2. The Morgan fingerprint density at radius 3 is 2.46 bits per heavy atom. The lowest BCUT2D eigenvalue weighted by Crippen LogP contribution is -2.62. The van der Waals surface area contributed by atoms with E-state index in [0.29, 0.717) is 36.2 Å². The Kier molecular flexibility index (Phi) is 6.78. The van der Waals surface area contributed by atoms with Crippen molar-refractivity contribution in [2.24, 2.45) is 28.6 Å². The number of nitrogens with zero attached hydrogens (tertiary/aromatic N) is 2. The lowest BCUT2D eigenvalue weighted by molar-refractivity contribution is -0.158. The van der Waals surface area contributed by atoms with Crippen LogP contribution >= 0.6 is 0 Å². The molecule has 4 aliphatic rings. The highest BCUT2D eigenvalue weighted by molar-refractivity contribution is 5.94. The van der Waals surface area contributed by atoms with Crippen LogP contribution in [0.25, 0.3) is 0 Å². The first-order chi connectivity index (χ1) is 16.8. The summed E-state index contributed by atoms with van der Waals surface area (Å²) in [7, 11) is 2.05. The van der Waals surface area contributed by atoms with Crippen LogP contribution in [0, 0.1) is 28.6 Å². The van der Waals surface area contributed by atoms with Gasteiger partial charge >= 0.3 is 0 Å². The Bertz CT molecular complexity index is 931. The molecule has 1 aromatic carbocycles. The molecular weight excluding hydrogens is 432 g/mol. The Morgan fingerprint density at radius 2 is 1.71 bits per heavy atom. The second-order valence-electron chi connectivity index (χ2n) is 12.7. The third-order valence-corrected chi connectivity index (χ3v) is 11.2. The van der Waals surface area contributed by atoms with Gasteiger partial charge in [-0.15, -0.1) is 0 Å². The second kappa shape index (κ2) is 9.56. The number of fused-ring (bicyclic) bond motifs is 5. The number of benzene rings is 1. The zero-order valence-electron chi connectivity index (χ0n) is 22.5. The molecule has 192 valence electrons. The smallest absolute Gasteiger partial charge is 0.254 e. The average Bonchev–Trinajstić information content (AvgIpc) is 3.21. The van der Waals surface area contributed by atoms with Crippen LogP contribution in [0.4, 0.5) is 0 Å². The maximum absolute atomic E-state index is 13.8. The van der Waals surface area contributed by atoms with E-state index in [1.165, 1.54) is 38.5 Å². The number of carbonyl (C=O) groups is 2. The van der Waals surface area contributed by atoms with Gasteiger partial charge in [0, 0.05) is 37.7 Å². The van der Waals surface area contributed by atoms with Gasteiger partial charge in [-0.05, 0) is 92.1 Å². The Morgan fingerprint density at radius 1 is 0.971 bits per heavy atom. The number of likely N-dealkylation sites (tertiary alicyclic amines) is 1. The zero-order chi connectivity index (χ0) is 24.8. The standard InChI is InChI=1S/C31H46N2O2/c1-5-6-10-21-33(29(35)22-11-8-7-9-12-22)27-16-14-24-23-13-15-26-30(2,20-18-28(34)32(26)4)25(23)17-19-31(24,27)3/h7-9,11-12,23-27H,5-6,10,13-21H2,1-4H3/t23-,24-,25-,26+,27-,30+,31-/m0/s1. The molecule has 1 saturated heterocycles. The van der Waals surface area contributed by atoms with Crippen molar-refractivity contribution in [3.63, 3.8) is 0 Å². The fourth-order valence-electron chi connectivity index (χ4n) is 9.31. The molecule has 4 fully saturated rings. The van der Waals surface area contributed by atoms with Crippen molar-refractivity contribution in [3.8, 4) is 0 Å². The van der Waals surface area contributed by atoms with E-state index in [2.05, 4.69) is 30.6 Å². The predicted molar refractivity (Wildman–Crippen MR) is 141 cm³/mol. The molecule has 4 nitrogen and oxygen atoms in total. The van der Waals surface area contributed by atoms with E-state index in [1.54, 1.807) is 0 Å². The minimum atomic E-state index is 0.206. The van der Waals surface area contributed by atoms with Gasteiger partial charge in [0.15, 0.2) is 0 Å². The second-order valence-corrected chi connectivity index (χ2v) is 12.7. The first kappa shape index (κ1) is 24.8. The number of rotatable bonds is 6. The van der Waals surface area contributed by atoms with Gasteiger partial charge in [-0.3, -0.25) is 9.59 Å². The minimum Gasteiger partial charge on any atom is -0.342 e. The summed E-state index contributed by atoms with van der Waals surface area (Å²) in [5.41, 5.74) is 1.30. The molecule has 2 amide bonds. The molecule has 7 atom stereocenters. The van der Waals surface area contributed by atoms with Crippen LogP contribution in [0.2, 0.25) is 0 Å². The average molecular weight is 479 g/mol. The van der Waals surface area contributed by atoms with Gasteiger partial charge in [0.05, 0.1) is 0 Å². The number of hydrogen-bond acceptors (Lipinski definition) is 2. The van der Waals surface area contributed by atoms with E-state index in [-0.39, 0.29) is 16.7 Å². The molecule has 5 rings (SSSR count). The van der Waals surface area contributed by atoms with Gasteiger partial charge in [0.25, 0.3) is 5.91 Å². The highest BCUT2D eigenvalue weighted by atomic mass is 16.2. The van der Waals surface area contributed by atoms with Crippen LogP contribution in [0.3, 0.4) is 0 Å². The highest BCUT2D eigenvalue weighted by Gasteiger charge is 2.62. The monoisotopic (exact) mass is 478 g/mol. The summed E-state index contributed by atoms with van der Waals surface area (Å²) < 4.78 is 0. The van der Waals surface area contributed by atoms with Crippen molar-refractivity contribution in [2.75, 3.05) is 13.6 Å². The van der Waals surface area contributed by atoms with Crippen molar-refractivity contribution in [1.29, 1.82) is 0 Å². The molecule has 0 aromatic heterocycles. The van der Waals surface area contributed by atoms with Crippen LogP contribution in [-0.2, 0) is 4.79 Å². The molecule has 0 radical (unpaired) electrons. The SMILES string of the molecule is CCCCCN(C(=O)c1ccccc1)[C@H]1CC[C@H]2[C@@H]3CC[C@H]4N(C)C(=O)CC[C@]4(C)[C@H]3CC[C@]12C. The van der Waals surface area contributed by atoms with E-state index in [1.807, 2.05) is 37.4 Å². The van der Waals surface area contributed by atoms with Crippen molar-refractivity contribution in [1.82, 2.24) is 9.80 Å². The van der Waals surface area contributed by atoms with Crippen LogP contribution in [0.1, 0.15) is 102 Å². The quantitative estimate of drug-likeness (QED) is 0.435. The number of amides is 2. The van der Waals surface area contributed by atoms with E-state index >= 15 is 0 Å². The van der Waals surface area contributed by atoms with E-state index in [4.69, 9.17) is 0 Å². The molecule has 3 aliphatic carbocycles. The summed E-state index contributed by atoms with van der Waals surface area (Å²) in [5.74, 6) is 2.73. The summed E-state index contributed by atoms with van der Waals surface area (Å²) in [6.07, 6.45) is 12.5. The summed E-state index contributed by atoms with van der Waals surface area (Å²) in [6, 6.07) is 10.7. The zero-order valence-corrected chi connectivity index (χ0v) is 22.5. The van der Waals surface area contributed by atoms with E-state index in [9.17, 15) is 9.59 Å². The first-order valence-corrected chi connectivity index (χ1v) is 14.4. The Balaban J connectivity index is 1.40. The van der Waals surface area contributed by atoms with Gasteiger partial charge in [0.2, 0.25) is 5.91 Å². The number of carbonyl (C=O) groups excluding carboxylic acids is 2. The van der Waals surface area contributed by atoms with E-state index in [0.717, 1.165) is 43.7 Å². The predicted octanol–water partition coefficient (Wildman–Crippen LogP) is 6.55. The van der Waals surface area contributed by atoms with Crippen molar-refractivity contribution < 1.29 is 9.59 Å². The van der Waals surface area contributed by atoms with Gasteiger partial charge < -0.3 is 9.80 Å². The summed E-state index contributed by atoms with van der Waals surface area (Å²) in [5, 5.41) is 0. The fraction of sp³-hybridized carbons (Fsp3) is 0.742. The lowest BCUT2D eigenvalue weighted by atomic mass is 9.47. The number of hydrogen-bond donors (Lipinski definition) is 0. The first-order valence-electron chi connectivity index (χ1n) is 14.4. The molecule has 1 heterocycles. The maximum Gasteiger partial charge on any atom is 0.254 e. The Labute approximate surface area is 212 Å². The Hall–Kier alpha value is -1.84. The van der Waals surface area contributed by atoms with Crippen LogP contribution in [0.15, 0.2) is 30.3 Å². The molecule has 0 bridgehead atoms. The number of unbranched alkanes of at least 4 members (excludes halogenated alkanes) is 2. The molecule has 35 heavy (non-hydrogen) atoms. The van der Waals surface area contributed by atoms with Gasteiger partial charge in [-0.1, -0.05) is 51.8 Å². The number of piperidine rings is 1. The molecular formula is C31H46N2O2. The summed E-state index contributed by atoms with van der Waals surface area (Å²) >= 11 is 0. The van der Waals surface area contributed by atoms with Gasteiger partial charge in [-0.25, -0.2) is 0 Å². The largest absolute Gasteiger partial charge is 0.342 e. The maximum atomic E-state index is 13.8. The third kappa shape index (κ3) is 4.03. The van der Waals surface area contributed by atoms with Crippen LogP contribution in [0.5, 0.6) is 0 Å². The lowest BCUT2D eigenvalue weighted by Gasteiger charge is -2.62. The van der Waals surface area contributed by atoms with Crippen LogP contribution < -0.4 is 0 Å². The summed E-state index contributed by atoms with van der Waals surface area (Å²) in [6.45, 7) is 8.16. The molecule has 0 unspecified atom stereocenters.